The zero-order chi connectivity index (χ0) is 12.9. The zero-order valence-corrected chi connectivity index (χ0v) is 10.2. The number of benzene rings is 1. The number of nitrogens with two attached hydrogens (primary N) is 1. The fourth-order valence-corrected chi connectivity index (χ4v) is 1.35. The molecule has 0 heterocycles. The fraction of sp³-hybridized carbons (Fsp3) is 0.385. The minimum atomic E-state index is -0.567. The molecule has 1 rings (SSSR count). The first-order valence-corrected chi connectivity index (χ1v) is 5.57. The van der Waals surface area contributed by atoms with Crippen LogP contribution >= 0.6 is 0 Å². The lowest BCUT2D eigenvalue weighted by Crippen LogP contribution is -2.39. The van der Waals surface area contributed by atoms with Crippen LogP contribution in [-0.2, 0) is 4.79 Å². The van der Waals surface area contributed by atoms with Crippen molar-refractivity contribution in [2.24, 2.45) is 11.1 Å². The topological polar surface area (TPSA) is 78.9 Å². The molecular formula is C13H17N3O. The predicted molar refractivity (Wildman–Crippen MR) is 67.2 cm³/mol. The van der Waals surface area contributed by atoms with E-state index in [2.05, 4.69) is 5.32 Å². The van der Waals surface area contributed by atoms with E-state index in [1.165, 1.54) is 0 Å². The van der Waals surface area contributed by atoms with Gasteiger partial charge < -0.3 is 11.1 Å². The second kappa shape index (κ2) is 5.46. The quantitative estimate of drug-likeness (QED) is 0.830. The Hall–Kier alpha value is -1.86. The maximum Gasteiger partial charge on any atom is 0.231 e. The van der Waals surface area contributed by atoms with Crippen molar-refractivity contribution in [2.45, 2.75) is 20.3 Å². The van der Waals surface area contributed by atoms with Crippen molar-refractivity contribution in [2.75, 3.05) is 11.9 Å². The normalized spacial score (nSPS) is 13.5. The average molecular weight is 231 g/mol. The molecule has 0 aromatic heterocycles. The molecule has 1 unspecified atom stereocenters. The van der Waals surface area contributed by atoms with Crippen molar-refractivity contribution < 1.29 is 4.79 Å². The summed E-state index contributed by atoms with van der Waals surface area (Å²) in [4.78, 5) is 12.0. The molecule has 0 aliphatic rings. The van der Waals surface area contributed by atoms with Gasteiger partial charge in [0.05, 0.1) is 17.0 Å². The average Bonchev–Trinajstić information content (AvgIpc) is 2.37. The minimum Gasteiger partial charge on any atom is -0.329 e. The lowest BCUT2D eigenvalue weighted by Gasteiger charge is -2.24. The third-order valence-electron chi connectivity index (χ3n) is 3.03. The molecule has 17 heavy (non-hydrogen) atoms. The van der Waals surface area contributed by atoms with Gasteiger partial charge >= 0.3 is 0 Å². The summed E-state index contributed by atoms with van der Waals surface area (Å²) in [6, 6.07) is 8.86. The van der Waals surface area contributed by atoms with Gasteiger partial charge in [0.2, 0.25) is 5.91 Å². The van der Waals surface area contributed by atoms with Crippen LogP contribution in [0.5, 0.6) is 0 Å². The number of nitrogens with zero attached hydrogens (tertiary/aromatic N) is 1. The first-order valence-electron chi connectivity index (χ1n) is 5.57. The van der Waals surface area contributed by atoms with E-state index in [1.807, 2.05) is 19.9 Å². The molecule has 90 valence electrons. The van der Waals surface area contributed by atoms with Crippen molar-refractivity contribution >= 4 is 11.6 Å². The van der Waals surface area contributed by atoms with E-state index in [9.17, 15) is 4.79 Å². The van der Waals surface area contributed by atoms with Gasteiger partial charge in [-0.05, 0) is 31.5 Å². The van der Waals surface area contributed by atoms with Crippen LogP contribution in [-0.4, -0.2) is 12.5 Å². The van der Waals surface area contributed by atoms with Gasteiger partial charge in [0.1, 0.15) is 0 Å². The number of rotatable bonds is 4. The van der Waals surface area contributed by atoms with E-state index in [1.54, 1.807) is 24.3 Å². The number of carbonyl (C=O) groups excluding carboxylic acids is 1. The van der Waals surface area contributed by atoms with E-state index in [0.717, 1.165) is 0 Å². The first-order chi connectivity index (χ1) is 8.05. The standard InChI is InChI=1S/C13H17N3O/c1-3-13(2,9-15)12(17)16-11-6-4-5-10(7-11)8-14/h4-7H,3,9,15H2,1-2H3,(H,16,17). The number of nitrogens with one attached hydrogen (secondary N) is 1. The summed E-state index contributed by atoms with van der Waals surface area (Å²) in [6.07, 6.45) is 0.674. The molecule has 1 aromatic rings. The number of amides is 1. The van der Waals surface area contributed by atoms with Gasteiger partial charge in [0.15, 0.2) is 0 Å². The number of anilines is 1. The molecular weight excluding hydrogens is 214 g/mol. The number of hydrogen-bond acceptors (Lipinski definition) is 3. The Bertz CT molecular complexity index is 444. The van der Waals surface area contributed by atoms with Crippen molar-refractivity contribution in [3.63, 3.8) is 0 Å². The summed E-state index contributed by atoms with van der Waals surface area (Å²) in [5, 5.41) is 11.6. The Balaban J connectivity index is 2.85. The van der Waals surface area contributed by atoms with Crippen molar-refractivity contribution in [3.05, 3.63) is 29.8 Å². The maximum absolute atomic E-state index is 12.0. The summed E-state index contributed by atoms with van der Waals surface area (Å²) in [5.74, 6) is -0.113. The molecule has 0 spiro atoms. The molecule has 1 aromatic carbocycles. The first kappa shape index (κ1) is 13.2. The molecule has 0 fully saturated rings. The maximum atomic E-state index is 12.0. The van der Waals surface area contributed by atoms with Gasteiger partial charge in [-0.15, -0.1) is 0 Å². The lowest BCUT2D eigenvalue weighted by molar-refractivity contribution is -0.124. The van der Waals surface area contributed by atoms with Crippen molar-refractivity contribution in [1.82, 2.24) is 0 Å². The number of hydrogen-bond donors (Lipinski definition) is 2. The Morgan fingerprint density at radius 1 is 1.59 bits per heavy atom. The van der Waals surface area contributed by atoms with Gasteiger partial charge in [0, 0.05) is 12.2 Å². The van der Waals surface area contributed by atoms with Crippen molar-refractivity contribution in [1.29, 1.82) is 5.26 Å². The largest absolute Gasteiger partial charge is 0.329 e. The second-order valence-electron chi connectivity index (χ2n) is 4.27. The summed E-state index contributed by atoms with van der Waals surface area (Å²) in [7, 11) is 0. The highest BCUT2D eigenvalue weighted by Gasteiger charge is 2.29. The van der Waals surface area contributed by atoms with Crippen molar-refractivity contribution in [3.8, 4) is 6.07 Å². The van der Waals surface area contributed by atoms with Crippen LogP contribution in [0.1, 0.15) is 25.8 Å². The van der Waals surface area contributed by atoms with E-state index < -0.39 is 5.41 Å². The van der Waals surface area contributed by atoms with Crippen LogP contribution in [0.2, 0.25) is 0 Å². The van der Waals surface area contributed by atoms with Crippen LogP contribution in [0.4, 0.5) is 5.69 Å². The second-order valence-corrected chi connectivity index (χ2v) is 4.27. The Morgan fingerprint density at radius 3 is 2.82 bits per heavy atom. The number of carbonyl (C=O) groups is 1. The Kier molecular flexibility index (Phi) is 4.24. The van der Waals surface area contributed by atoms with Crippen LogP contribution < -0.4 is 11.1 Å². The highest BCUT2D eigenvalue weighted by molar-refractivity contribution is 5.95. The van der Waals surface area contributed by atoms with Crippen LogP contribution in [0, 0.1) is 16.7 Å². The smallest absolute Gasteiger partial charge is 0.231 e. The lowest BCUT2D eigenvalue weighted by atomic mass is 9.86. The molecule has 0 aliphatic carbocycles. The summed E-state index contributed by atoms with van der Waals surface area (Å²) < 4.78 is 0. The van der Waals surface area contributed by atoms with Gasteiger partial charge in [-0.2, -0.15) is 5.26 Å². The molecule has 4 nitrogen and oxygen atoms in total. The molecule has 1 atom stereocenters. The summed E-state index contributed by atoms with van der Waals surface area (Å²) in [5.41, 5.74) is 6.20. The monoisotopic (exact) mass is 231 g/mol. The van der Waals surface area contributed by atoms with Crippen LogP contribution in [0.3, 0.4) is 0 Å². The molecule has 0 saturated heterocycles. The van der Waals surface area contributed by atoms with Gasteiger partial charge in [0.25, 0.3) is 0 Å². The summed E-state index contributed by atoms with van der Waals surface area (Å²) in [6.45, 7) is 4.06. The van der Waals surface area contributed by atoms with Gasteiger partial charge in [-0.1, -0.05) is 13.0 Å². The van der Waals surface area contributed by atoms with E-state index in [4.69, 9.17) is 11.0 Å². The highest BCUT2D eigenvalue weighted by Crippen LogP contribution is 2.22. The zero-order valence-electron chi connectivity index (χ0n) is 10.2. The highest BCUT2D eigenvalue weighted by atomic mass is 16.2. The predicted octanol–water partition coefficient (Wildman–Crippen LogP) is 1.87. The molecule has 0 saturated carbocycles. The molecule has 1 amide bonds. The van der Waals surface area contributed by atoms with E-state index >= 15 is 0 Å². The van der Waals surface area contributed by atoms with Gasteiger partial charge in [-0.25, -0.2) is 0 Å². The molecule has 0 radical (unpaired) electrons. The Labute approximate surface area is 101 Å². The molecule has 0 bridgehead atoms. The van der Waals surface area contributed by atoms with Crippen LogP contribution in [0.15, 0.2) is 24.3 Å². The van der Waals surface area contributed by atoms with Crippen LogP contribution in [0.25, 0.3) is 0 Å². The fourth-order valence-electron chi connectivity index (χ4n) is 1.35. The Morgan fingerprint density at radius 2 is 2.29 bits per heavy atom. The SMILES string of the molecule is CCC(C)(CN)C(=O)Nc1cccc(C#N)c1. The third kappa shape index (κ3) is 3.05. The molecule has 0 aliphatic heterocycles. The number of nitriles is 1. The molecule has 3 N–H and O–H groups in total. The van der Waals surface area contributed by atoms with E-state index in [0.29, 0.717) is 24.2 Å². The minimum absolute atomic E-state index is 0.113. The van der Waals surface area contributed by atoms with E-state index in [-0.39, 0.29) is 5.91 Å². The molecule has 4 heteroatoms. The van der Waals surface area contributed by atoms with Gasteiger partial charge in [-0.3, -0.25) is 4.79 Å². The summed E-state index contributed by atoms with van der Waals surface area (Å²) >= 11 is 0. The third-order valence-corrected chi connectivity index (χ3v) is 3.03.